The summed E-state index contributed by atoms with van der Waals surface area (Å²) in [5.74, 6) is 0.536. The summed E-state index contributed by atoms with van der Waals surface area (Å²) >= 11 is 0. The Hall–Kier alpha value is -2.90. The maximum atomic E-state index is 11.1. The van der Waals surface area contributed by atoms with E-state index in [9.17, 15) is 4.79 Å². The Balaban J connectivity index is 1.98. The van der Waals surface area contributed by atoms with Crippen LogP contribution >= 0.6 is 0 Å². The molecule has 124 valence electrons. The van der Waals surface area contributed by atoms with Gasteiger partial charge in [-0.25, -0.2) is 9.78 Å². The molecule has 1 aliphatic carbocycles. The average Bonchev–Trinajstić information content (AvgIpc) is 3.23. The monoisotopic (exact) mass is 328 g/mol. The Morgan fingerprint density at radius 2 is 2.17 bits per heavy atom. The maximum absolute atomic E-state index is 11.1. The van der Waals surface area contributed by atoms with Crippen LogP contribution < -0.4 is 4.74 Å². The largest absolute Gasteiger partial charge is 0.511 e. The van der Waals surface area contributed by atoms with Crippen LogP contribution in [0.3, 0.4) is 0 Å². The van der Waals surface area contributed by atoms with E-state index < -0.39 is 6.16 Å². The number of fused-ring (bicyclic) bond motifs is 1. The molecule has 0 aliphatic heterocycles. The summed E-state index contributed by atoms with van der Waals surface area (Å²) in [7, 11) is 1.84. The van der Waals surface area contributed by atoms with E-state index in [0.717, 1.165) is 35.5 Å². The molecule has 4 rings (SSSR count). The fourth-order valence-corrected chi connectivity index (χ4v) is 2.99. The molecule has 24 heavy (non-hydrogen) atoms. The normalized spacial score (nSPS) is 14.3. The first-order valence-corrected chi connectivity index (χ1v) is 7.67. The topological polar surface area (TPSA) is 103 Å². The molecule has 8 heteroatoms. The predicted octanol–water partition coefficient (Wildman–Crippen LogP) is 3.17. The minimum Gasteiger partial charge on any atom is -0.449 e. The lowest BCUT2D eigenvalue weighted by Gasteiger charge is -2.05. The molecular formula is C16H16N4O4. The Morgan fingerprint density at radius 1 is 1.42 bits per heavy atom. The number of hydrogen-bond donors (Lipinski definition) is 1. The minimum atomic E-state index is -1.38. The first-order chi connectivity index (χ1) is 11.5. The zero-order chi connectivity index (χ0) is 17.0. The van der Waals surface area contributed by atoms with Crippen molar-refractivity contribution in [1.82, 2.24) is 19.9 Å². The van der Waals surface area contributed by atoms with E-state index in [-0.39, 0.29) is 11.5 Å². The average molecular weight is 328 g/mol. The van der Waals surface area contributed by atoms with Crippen molar-refractivity contribution in [3.63, 3.8) is 0 Å². The van der Waals surface area contributed by atoms with Gasteiger partial charge in [-0.15, -0.1) is 0 Å². The third-order valence-electron chi connectivity index (χ3n) is 4.37. The third-order valence-corrected chi connectivity index (χ3v) is 4.37. The van der Waals surface area contributed by atoms with Crippen LogP contribution in [0.5, 0.6) is 5.75 Å². The molecule has 1 fully saturated rings. The molecule has 0 unspecified atom stereocenters. The Kier molecular flexibility index (Phi) is 3.09. The molecule has 8 nitrogen and oxygen atoms in total. The number of hydrogen-bond acceptors (Lipinski definition) is 6. The van der Waals surface area contributed by atoms with Crippen LogP contribution in [0.15, 0.2) is 10.6 Å². The van der Waals surface area contributed by atoms with Gasteiger partial charge in [-0.05, 0) is 26.7 Å². The number of nitrogens with zero attached hydrogens (tertiary/aromatic N) is 4. The summed E-state index contributed by atoms with van der Waals surface area (Å²) in [4.78, 5) is 15.6. The third kappa shape index (κ3) is 2.22. The smallest absolute Gasteiger partial charge is 0.449 e. The number of pyridine rings is 1. The van der Waals surface area contributed by atoms with Gasteiger partial charge in [0.05, 0.1) is 11.4 Å². The van der Waals surface area contributed by atoms with Gasteiger partial charge in [-0.3, -0.25) is 4.68 Å². The van der Waals surface area contributed by atoms with Gasteiger partial charge in [0, 0.05) is 30.3 Å². The van der Waals surface area contributed by atoms with Crippen LogP contribution in [0.4, 0.5) is 4.79 Å². The molecule has 0 amide bonds. The van der Waals surface area contributed by atoms with Crippen LogP contribution in [0, 0.1) is 13.8 Å². The van der Waals surface area contributed by atoms with Crippen LogP contribution in [0.1, 0.15) is 35.8 Å². The number of aromatic nitrogens is 4. The number of rotatable bonds is 3. The highest BCUT2D eigenvalue weighted by atomic mass is 16.7. The SMILES string of the molecule is Cc1nn(C)c(C)c1-c1noc2nc(C3CC3)cc(OC(=O)O)c12. The van der Waals surface area contributed by atoms with Gasteiger partial charge in [0.15, 0.2) is 5.75 Å². The summed E-state index contributed by atoms with van der Waals surface area (Å²) in [6.07, 6.45) is 0.690. The highest BCUT2D eigenvalue weighted by molar-refractivity contribution is 5.96. The first-order valence-electron chi connectivity index (χ1n) is 7.67. The zero-order valence-corrected chi connectivity index (χ0v) is 13.5. The molecule has 0 spiro atoms. The number of aryl methyl sites for hydroxylation is 2. The van der Waals surface area contributed by atoms with E-state index in [1.165, 1.54) is 0 Å². The lowest BCUT2D eigenvalue weighted by atomic mass is 10.1. The summed E-state index contributed by atoms with van der Waals surface area (Å²) in [6, 6.07) is 1.68. The van der Waals surface area contributed by atoms with E-state index in [2.05, 4.69) is 15.2 Å². The molecule has 0 bridgehead atoms. The van der Waals surface area contributed by atoms with Gasteiger partial charge in [0.2, 0.25) is 0 Å². The molecule has 0 radical (unpaired) electrons. The molecule has 0 aromatic carbocycles. The van der Waals surface area contributed by atoms with Crippen molar-refractivity contribution in [2.75, 3.05) is 0 Å². The summed E-state index contributed by atoms with van der Waals surface area (Å²) in [5, 5.41) is 18.0. The highest BCUT2D eigenvalue weighted by Gasteiger charge is 2.30. The Labute approximate surface area is 137 Å². The van der Waals surface area contributed by atoms with Crippen molar-refractivity contribution in [2.45, 2.75) is 32.6 Å². The van der Waals surface area contributed by atoms with Crippen LogP contribution in [0.25, 0.3) is 22.4 Å². The van der Waals surface area contributed by atoms with E-state index >= 15 is 0 Å². The van der Waals surface area contributed by atoms with Crippen LogP contribution in [-0.4, -0.2) is 31.2 Å². The number of ether oxygens (including phenoxy) is 1. The summed E-state index contributed by atoms with van der Waals surface area (Å²) in [6.45, 7) is 3.78. The fourth-order valence-electron chi connectivity index (χ4n) is 2.99. The second-order valence-corrected chi connectivity index (χ2v) is 6.07. The maximum Gasteiger partial charge on any atom is 0.511 e. The van der Waals surface area contributed by atoms with E-state index in [1.807, 2.05) is 20.9 Å². The van der Waals surface area contributed by atoms with E-state index in [0.29, 0.717) is 17.0 Å². The van der Waals surface area contributed by atoms with E-state index in [1.54, 1.807) is 10.7 Å². The van der Waals surface area contributed by atoms with Gasteiger partial charge in [-0.1, -0.05) is 5.16 Å². The second kappa shape index (κ2) is 5.05. The summed E-state index contributed by atoms with van der Waals surface area (Å²) in [5.41, 5.74) is 4.04. The van der Waals surface area contributed by atoms with Gasteiger partial charge in [0.25, 0.3) is 5.71 Å². The second-order valence-electron chi connectivity index (χ2n) is 6.07. The Bertz CT molecular complexity index is 968. The zero-order valence-electron chi connectivity index (χ0n) is 13.5. The van der Waals surface area contributed by atoms with E-state index in [4.69, 9.17) is 14.4 Å². The van der Waals surface area contributed by atoms with Gasteiger partial charge in [0.1, 0.15) is 11.1 Å². The molecular weight excluding hydrogens is 312 g/mol. The molecule has 1 N–H and O–H groups in total. The quantitative estimate of drug-likeness (QED) is 0.736. The predicted molar refractivity (Wildman–Crippen MR) is 84.1 cm³/mol. The summed E-state index contributed by atoms with van der Waals surface area (Å²) < 4.78 is 12.1. The molecule has 0 atom stereocenters. The fraction of sp³-hybridized carbons (Fsp3) is 0.375. The molecule has 3 aromatic rings. The lowest BCUT2D eigenvalue weighted by Crippen LogP contribution is -2.04. The first kappa shape index (κ1) is 14.7. The molecule has 3 aromatic heterocycles. The molecule has 1 saturated carbocycles. The standard InChI is InChI=1S/C16H16N4O4/c1-7-12(8(2)20(3)18-7)14-13-11(23-16(21)22)6-10(9-4-5-9)17-15(13)24-19-14/h6,9H,4-5H2,1-3H3,(H,21,22). The van der Waals surface area contributed by atoms with Crippen molar-refractivity contribution in [3.8, 4) is 17.0 Å². The van der Waals surface area contributed by atoms with Crippen molar-refractivity contribution < 1.29 is 19.2 Å². The van der Waals surface area contributed by atoms with Crippen molar-refractivity contribution in [2.24, 2.45) is 7.05 Å². The number of carboxylic acid groups (broad SMARTS) is 1. The minimum absolute atomic E-state index is 0.202. The van der Waals surface area contributed by atoms with Crippen molar-refractivity contribution >= 4 is 17.3 Å². The highest BCUT2D eigenvalue weighted by Crippen LogP contribution is 2.44. The molecule has 0 saturated heterocycles. The molecule has 3 heterocycles. The van der Waals surface area contributed by atoms with Gasteiger partial charge >= 0.3 is 6.16 Å². The van der Waals surface area contributed by atoms with Crippen LogP contribution in [-0.2, 0) is 7.05 Å². The van der Waals surface area contributed by atoms with Crippen molar-refractivity contribution in [1.29, 1.82) is 0 Å². The van der Waals surface area contributed by atoms with Gasteiger partial charge < -0.3 is 14.4 Å². The van der Waals surface area contributed by atoms with Crippen LogP contribution in [0.2, 0.25) is 0 Å². The lowest BCUT2D eigenvalue weighted by molar-refractivity contribution is 0.145. The number of carbonyl (C=O) groups is 1. The van der Waals surface area contributed by atoms with Crippen molar-refractivity contribution in [3.05, 3.63) is 23.1 Å². The van der Waals surface area contributed by atoms with Gasteiger partial charge in [-0.2, -0.15) is 5.10 Å². The molecule has 1 aliphatic rings. The Morgan fingerprint density at radius 3 is 2.75 bits per heavy atom.